The molecule has 2 amide bonds. The summed E-state index contributed by atoms with van der Waals surface area (Å²) in [5.41, 5.74) is 4.95. The molecule has 0 saturated heterocycles. The molecule has 0 spiro atoms. The molecule has 3 N–H and O–H groups in total. The van der Waals surface area contributed by atoms with E-state index in [9.17, 15) is 9.59 Å². The number of amides is 2. The number of nitrogens with zero attached hydrogens (tertiary/aromatic N) is 1. The van der Waals surface area contributed by atoms with Crippen LogP contribution in [0.15, 0.2) is 28.2 Å². The van der Waals surface area contributed by atoms with E-state index in [-0.39, 0.29) is 17.6 Å². The second-order valence-corrected chi connectivity index (χ2v) is 3.78. The highest BCUT2D eigenvalue weighted by molar-refractivity contribution is 7.12. The fourth-order valence-electron chi connectivity index (χ4n) is 1.01. The number of primary amides is 1. The van der Waals surface area contributed by atoms with Crippen LogP contribution < -0.4 is 11.1 Å². The molecular weight excluding hydrogens is 230 g/mol. The van der Waals surface area contributed by atoms with Gasteiger partial charge in [0.15, 0.2) is 5.69 Å². The molecule has 0 aromatic carbocycles. The van der Waals surface area contributed by atoms with E-state index in [1.807, 2.05) is 0 Å². The van der Waals surface area contributed by atoms with Gasteiger partial charge in [0.2, 0.25) is 0 Å². The molecule has 0 fully saturated rings. The summed E-state index contributed by atoms with van der Waals surface area (Å²) in [6, 6.07) is 3.37. The molecule has 16 heavy (non-hydrogen) atoms. The van der Waals surface area contributed by atoms with Crippen LogP contribution >= 0.6 is 11.3 Å². The van der Waals surface area contributed by atoms with E-state index in [1.165, 1.54) is 11.3 Å². The zero-order valence-corrected chi connectivity index (χ0v) is 8.78. The lowest BCUT2D eigenvalue weighted by molar-refractivity contribution is 0.0992. The van der Waals surface area contributed by atoms with Crippen molar-refractivity contribution >= 4 is 29.2 Å². The van der Waals surface area contributed by atoms with Gasteiger partial charge in [-0.1, -0.05) is 6.07 Å². The fraction of sp³-hybridized carbons (Fsp3) is 0. The zero-order chi connectivity index (χ0) is 11.5. The fourth-order valence-corrected chi connectivity index (χ4v) is 1.63. The molecule has 0 aliphatic carbocycles. The van der Waals surface area contributed by atoms with Gasteiger partial charge in [0.05, 0.1) is 4.88 Å². The zero-order valence-electron chi connectivity index (χ0n) is 7.97. The van der Waals surface area contributed by atoms with Gasteiger partial charge in [-0.2, -0.15) is 4.98 Å². The summed E-state index contributed by atoms with van der Waals surface area (Å²) in [5, 5.41) is 4.18. The molecular formula is C9H7N3O3S. The van der Waals surface area contributed by atoms with Crippen LogP contribution in [0, 0.1) is 0 Å². The van der Waals surface area contributed by atoms with Gasteiger partial charge < -0.3 is 10.2 Å². The van der Waals surface area contributed by atoms with E-state index in [2.05, 4.69) is 10.3 Å². The summed E-state index contributed by atoms with van der Waals surface area (Å²) in [6.07, 6.45) is 1.09. The van der Waals surface area contributed by atoms with Gasteiger partial charge in [-0.25, -0.2) is 0 Å². The monoisotopic (exact) mass is 237 g/mol. The van der Waals surface area contributed by atoms with Gasteiger partial charge in [-0.15, -0.1) is 11.3 Å². The number of hydrogen-bond donors (Lipinski definition) is 2. The van der Waals surface area contributed by atoms with Crippen molar-refractivity contribution in [3.8, 4) is 0 Å². The topological polar surface area (TPSA) is 98.2 Å². The Labute approximate surface area is 94.1 Å². The van der Waals surface area contributed by atoms with Crippen molar-refractivity contribution in [1.29, 1.82) is 0 Å². The number of nitrogens with two attached hydrogens (primary N) is 1. The minimum Gasteiger partial charge on any atom is -0.431 e. The van der Waals surface area contributed by atoms with Crippen LogP contribution in [0.3, 0.4) is 0 Å². The number of oxazole rings is 1. The largest absolute Gasteiger partial charge is 0.431 e. The molecule has 0 aliphatic rings. The van der Waals surface area contributed by atoms with Crippen LogP contribution in [0.4, 0.5) is 6.01 Å². The lowest BCUT2D eigenvalue weighted by Gasteiger charge is -1.95. The first kappa shape index (κ1) is 10.4. The Morgan fingerprint density at radius 2 is 2.31 bits per heavy atom. The molecule has 0 unspecified atom stereocenters. The Bertz CT molecular complexity index is 518. The quantitative estimate of drug-likeness (QED) is 0.834. The first-order valence-corrected chi connectivity index (χ1v) is 5.15. The van der Waals surface area contributed by atoms with E-state index in [1.54, 1.807) is 17.5 Å². The van der Waals surface area contributed by atoms with Crippen molar-refractivity contribution in [1.82, 2.24) is 4.98 Å². The first-order chi connectivity index (χ1) is 7.66. The minimum atomic E-state index is -0.708. The van der Waals surface area contributed by atoms with Gasteiger partial charge >= 0.3 is 6.01 Å². The highest BCUT2D eigenvalue weighted by Crippen LogP contribution is 2.12. The molecule has 0 atom stereocenters. The second kappa shape index (κ2) is 4.15. The summed E-state index contributed by atoms with van der Waals surface area (Å²) in [6.45, 7) is 0. The minimum absolute atomic E-state index is 0.0264. The number of aromatic nitrogens is 1. The van der Waals surface area contributed by atoms with Crippen molar-refractivity contribution in [3.05, 3.63) is 34.3 Å². The first-order valence-electron chi connectivity index (χ1n) is 4.27. The molecule has 2 heterocycles. The van der Waals surface area contributed by atoms with E-state index >= 15 is 0 Å². The predicted molar refractivity (Wildman–Crippen MR) is 57.3 cm³/mol. The number of carbonyl (C=O) groups excluding carboxylic acids is 2. The van der Waals surface area contributed by atoms with Gasteiger partial charge in [0.1, 0.15) is 6.26 Å². The number of rotatable bonds is 3. The lowest BCUT2D eigenvalue weighted by Crippen LogP contribution is -2.13. The molecule has 0 radical (unpaired) electrons. The highest BCUT2D eigenvalue weighted by Gasteiger charge is 2.12. The molecule has 6 nitrogen and oxygen atoms in total. The number of nitrogens with one attached hydrogen (secondary N) is 1. The Hall–Kier alpha value is -2.15. The smallest absolute Gasteiger partial charge is 0.302 e. The van der Waals surface area contributed by atoms with E-state index in [0.717, 1.165) is 6.26 Å². The Balaban J connectivity index is 2.09. The highest BCUT2D eigenvalue weighted by atomic mass is 32.1. The number of anilines is 1. The number of thiophene rings is 1. The molecule has 0 bridgehead atoms. The van der Waals surface area contributed by atoms with Crippen LogP contribution in [0.5, 0.6) is 0 Å². The molecule has 2 aromatic heterocycles. The summed E-state index contributed by atoms with van der Waals surface area (Å²) in [5.74, 6) is -1.05. The third-order valence-electron chi connectivity index (χ3n) is 1.72. The summed E-state index contributed by atoms with van der Waals surface area (Å²) in [7, 11) is 0. The van der Waals surface area contributed by atoms with Crippen LogP contribution in [0.25, 0.3) is 0 Å². The van der Waals surface area contributed by atoms with Crippen molar-refractivity contribution in [2.45, 2.75) is 0 Å². The van der Waals surface area contributed by atoms with E-state index in [4.69, 9.17) is 10.2 Å². The SMILES string of the molecule is NC(=O)c1coc(NC(=O)c2cccs2)n1. The normalized spacial score (nSPS) is 10.0. The summed E-state index contributed by atoms with van der Waals surface area (Å²) < 4.78 is 4.86. The maximum Gasteiger partial charge on any atom is 0.302 e. The standard InChI is InChI=1S/C9H7N3O3S/c10-7(13)5-4-15-9(11-5)12-8(14)6-2-1-3-16-6/h1-4H,(H2,10,13)(H,11,12,14). The van der Waals surface area contributed by atoms with Crippen molar-refractivity contribution < 1.29 is 14.0 Å². The maximum absolute atomic E-state index is 11.5. The van der Waals surface area contributed by atoms with Crippen LogP contribution in [0.1, 0.15) is 20.2 Å². The number of carbonyl (C=O) groups is 2. The van der Waals surface area contributed by atoms with Crippen LogP contribution in [-0.2, 0) is 0 Å². The molecule has 7 heteroatoms. The van der Waals surface area contributed by atoms with Crippen molar-refractivity contribution in [3.63, 3.8) is 0 Å². The lowest BCUT2D eigenvalue weighted by atomic mass is 10.4. The molecule has 82 valence electrons. The van der Waals surface area contributed by atoms with E-state index < -0.39 is 5.91 Å². The van der Waals surface area contributed by atoms with Crippen LogP contribution in [-0.4, -0.2) is 16.8 Å². The van der Waals surface area contributed by atoms with Gasteiger partial charge in [-0.3, -0.25) is 14.9 Å². The van der Waals surface area contributed by atoms with E-state index in [0.29, 0.717) is 4.88 Å². The Morgan fingerprint density at radius 1 is 1.50 bits per heavy atom. The molecule has 0 aliphatic heterocycles. The van der Waals surface area contributed by atoms with Gasteiger partial charge in [0.25, 0.3) is 11.8 Å². The molecule has 2 aromatic rings. The Kier molecular flexibility index (Phi) is 2.69. The molecule has 2 rings (SSSR count). The Morgan fingerprint density at radius 3 is 2.88 bits per heavy atom. The van der Waals surface area contributed by atoms with Crippen molar-refractivity contribution in [2.24, 2.45) is 5.73 Å². The summed E-state index contributed by atoms with van der Waals surface area (Å²) in [4.78, 5) is 26.5. The average Bonchev–Trinajstić information content (AvgIpc) is 2.87. The third-order valence-corrected chi connectivity index (χ3v) is 2.59. The van der Waals surface area contributed by atoms with Crippen molar-refractivity contribution in [2.75, 3.05) is 5.32 Å². The maximum atomic E-state index is 11.5. The molecule has 0 saturated carbocycles. The van der Waals surface area contributed by atoms with Crippen LogP contribution in [0.2, 0.25) is 0 Å². The third kappa shape index (κ3) is 2.09. The average molecular weight is 237 g/mol. The van der Waals surface area contributed by atoms with Gasteiger partial charge in [-0.05, 0) is 11.4 Å². The second-order valence-electron chi connectivity index (χ2n) is 2.83. The summed E-state index contributed by atoms with van der Waals surface area (Å²) >= 11 is 1.29. The van der Waals surface area contributed by atoms with Gasteiger partial charge in [0, 0.05) is 0 Å². The number of hydrogen-bond acceptors (Lipinski definition) is 5. The predicted octanol–water partition coefficient (Wildman–Crippen LogP) is 1.09.